The summed E-state index contributed by atoms with van der Waals surface area (Å²) in [7, 11) is 1.61. The van der Waals surface area contributed by atoms with Gasteiger partial charge in [0, 0.05) is 30.1 Å². The van der Waals surface area contributed by atoms with Crippen molar-refractivity contribution in [2.45, 2.75) is 26.2 Å². The second kappa shape index (κ2) is 10.2. The van der Waals surface area contributed by atoms with Crippen molar-refractivity contribution in [2.24, 2.45) is 0 Å². The molecule has 6 nitrogen and oxygen atoms in total. The molecule has 6 heteroatoms. The van der Waals surface area contributed by atoms with Gasteiger partial charge in [0.15, 0.2) is 0 Å². The second-order valence-corrected chi connectivity index (χ2v) is 6.58. The van der Waals surface area contributed by atoms with E-state index >= 15 is 0 Å². The van der Waals surface area contributed by atoms with E-state index in [4.69, 9.17) is 9.47 Å². The zero-order valence-corrected chi connectivity index (χ0v) is 16.7. The predicted molar refractivity (Wildman–Crippen MR) is 112 cm³/mol. The Hall–Kier alpha value is -3.41. The fourth-order valence-corrected chi connectivity index (χ4v) is 2.79. The molecule has 1 aromatic heterocycles. The minimum atomic E-state index is -0.0664. The van der Waals surface area contributed by atoms with Gasteiger partial charge in [-0.05, 0) is 48.4 Å². The summed E-state index contributed by atoms with van der Waals surface area (Å²) in [6.07, 6.45) is 6.60. The molecule has 0 atom stereocenters. The number of rotatable bonds is 9. The molecule has 0 aliphatic heterocycles. The number of aromatic nitrogens is 2. The smallest absolute Gasteiger partial charge is 0.321 e. The van der Waals surface area contributed by atoms with Gasteiger partial charge in [-0.3, -0.25) is 4.79 Å². The van der Waals surface area contributed by atoms with Gasteiger partial charge in [-0.2, -0.15) is 0 Å². The van der Waals surface area contributed by atoms with Gasteiger partial charge in [0.05, 0.1) is 7.11 Å². The lowest BCUT2D eigenvalue weighted by atomic mass is 10.1. The van der Waals surface area contributed by atoms with Gasteiger partial charge in [-0.15, -0.1) is 0 Å². The number of unbranched alkanes of at least 4 members (excludes halogenated alkanes) is 2. The summed E-state index contributed by atoms with van der Waals surface area (Å²) in [6.45, 7) is 2.83. The molecule has 0 aliphatic carbocycles. The summed E-state index contributed by atoms with van der Waals surface area (Å²) >= 11 is 0. The third-order valence-corrected chi connectivity index (χ3v) is 4.42. The molecule has 29 heavy (non-hydrogen) atoms. The van der Waals surface area contributed by atoms with E-state index in [2.05, 4.69) is 22.2 Å². The van der Waals surface area contributed by atoms with Gasteiger partial charge in [0.2, 0.25) is 0 Å². The van der Waals surface area contributed by atoms with Crippen LogP contribution >= 0.6 is 0 Å². The van der Waals surface area contributed by atoms with E-state index < -0.39 is 0 Å². The van der Waals surface area contributed by atoms with Crippen LogP contribution in [0.3, 0.4) is 0 Å². The molecular weight excluding hydrogens is 366 g/mol. The Kier molecular flexibility index (Phi) is 7.16. The lowest BCUT2D eigenvalue weighted by Gasteiger charge is -2.08. The van der Waals surface area contributed by atoms with Gasteiger partial charge in [-0.25, -0.2) is 9.97 Å². The first-order chi connectivity index (χ1) is 14.2. The zero-order valence-electron chi connectivity index (χ0n) is 16.7. The van der Waals surface area contributed by atoms with Gasteiger partial charge >= 0.3 is 6.01 Å². The highest BCUT2D eigenvalue weighted by molar-refractivity contribution is 5.95. The molecule has 1 N–H and O–H groups in total. The summed E-state index contributed by atoms with van der Waals surface area (Å²) in [5.41, 5.74) is 2.31. The Morgan fingerprint density at radius 3 is 2.38 bits per heavy atom. The molecule has 1 amide bonds. The average Bonchev–Trinajstić information content (AvgIpc) is 2.78. The Morgan fingerprint density at radius 2 is 1.69 bits per heavy atom. The van der Waals surface area contributed by atoms with Crippen molar-refractivity contribution in [3.05, 3.63) is 66.5 Å². The molecule has 3 rings (SSSR count). The summed E-state index contributed by atoms with van der Waals surface area (Å²) in [5, 5.41) is 2.96. The Bertz CT molecular complexity index is 925. The van der Waals surface area contributed by atoms with Crippen LogP contribution < -0.4 is 14.8 Å². The number of ether oxygens (including phenoxy) is 2. The van der Waals surface area contributed by atoms with Crippen LogP contribution in [-0.2, 0) is 0 Å². The molecule has 0 bridgehead atoms. The standard InChI is InChI=1S/C23H25N3O3/c1-3-4-5-13-24-22(27)18-8-6-7-17(14-18)19-15-25-23(26-16-19)29-21-11-9-20(28-2)10-12-21/h6-12,14-16H,3-5,13H2,1-2H3,(H,24,27). The topological polar surface area (TPSA) is 73.3 Å². The van der Waals surface area contributed by atoms with Crippen LogP contribution in [0.25, 0.3) is 11.1 Å². The molecule has 0 saturated carbocycles. The van der Waals surface area contributed by atoms with Crippen molar-refractivity contribution in [1.29, 1.82) is 0 Å². The van der Waals surface area contributed by atoms with Crippen LogP contribution in [-0.4, -0.2) is 29.5 Å². The van der Waals surface area contributed by atoms with E-state index in [1.54, 1.807) is 37.7 Å². The number of nitrogens with one attached hydrogen (secondary N) is 1. The van der Waals surface area contributed by atoms with E-state index in [-0.39, 0.29) is 11.9 Å². The number of nitrogens with zero attached hydrogens (tertiary/aromatic N) is 2. The third-order valence-electron chi connectivity index (χ3n) is 4.42. The molecule has 0 unspecified atom stereocenters. The summed E-state index contributed by atoms with van der Waals surface area (Å²) in [6, 6.07) is 14.9. The summed E-state index contributed by atoms with van der Waals surface area (Å²) in [4.78, 5) is 20.9. The lowest BCUT2D eigenvalue weighted by Crippen LogP contribution is -2.24. The first-order valence-electron chi connectivity index (χ1n) is 9.72. The number of carbonyl (C=O) groups excluding carboxylic acids is 1. The highest BCUT2D eigenvalue weighted by Gasteiger charge is 2.08. The van der Waals surface area contributed by atoms with Crippen LogP contribution in [0.4, 0.5) is 0 Å². The Morgan fingerprint density at radius 1 is 0.966 bits per heavy atom. The van der Waals surface area contributed by atoms with E-state index in [9.17, 15) is 4.79 Å². The van der Waals surface area contributed by atoms with Crippen LogP contribution in [0.2, 0.25) is 0 Å². The van der Waals surface area contributed by atoms with Crippen LogP contribution in [0.15, 0.2) is 60.9 Å². The monoisotopic (exact) mass is 391 g/mol. The third kappa shape index (κ3) is 5.78. The average molecular weight is 391 g/mol. The van der Waals surface area contributed by atoms with E-state index in [1.165, 1.54) is 0 Å². The maximum atomic E-state index is 12.3. The zero-order chi connectivity index (χ0) is 20.5. The first kappa shape index (κ1) is 20.3. The Labute approximate surface area is 170 Å². The minimum Gasteiger partial charge on any atom is -0.497 e. The molecule has 2 aromatic carbocycles. The van der Waals surface area contributed by atoms with Gasteiger partial charge < -0.3 is 14.8 Å². The SMILES string of the molecule is CCCCCNC(=O)c1cccc(-c2cnc(Oc3ccc(OC)cc3)nc2)c1. The number of amides is 1. The number of benzene rings is 2. The summed E-state index contributed by atoms with van der Waals surface area (Å²) < 4.78 is 10.8. The van der Waals surface area contributed by atoms with E-state index in [0.717, 1.165) is 36.1 Å². The predicted octanol–water partition coefficient (Wildman–Crippen LogP) is 4.86. The highest BCUT2D eigenvalue weighted by Crippen LogP contribution is 2.23. The molecule has 0 radical (unpaired) electrons. The molecule has 0 saturated heterocycles. The molecular formula is C23H25N3O3. The van der Waals surface area contributed by atoms with Gasteiger partial charge in [0.1, 0.15) is 11.5 Å². The number of hydrogen-bond donors (Lipinski definition) is 1. The normalized spacial score (nSPS) is 10.4. The van der Waals surface area contributed by atoms with Crippen LogP contribution in [0, 0.1) is 0 Å². The van der Waals surface area contributed by atoms with Crippen molar-refractivity contribution in [3.63, 3.8) is 0 Å². The Balaban J connectivity index is 1.65. The van der Waals surface area contributed by atoms with Crippen molar-refractivity contribution in [3.8, 4) is 28.6 Å². The summed E-state index contributed by atoms with van der Waals surface area (Å²) in [5.74, 6) is 1.31. The van der Waals surface area contributed by atoms with Crippen molar-refractivity contribution >= 4 is 5.91 Å². The molecule has 0 aliphatic rings. The maximum Gasteiger partial charge on any atom is 0.321 e. The minimum absolute atomic E-state index is 0.0664. The van der Waals surface area contributed by atoms with Gasteiger partial charge in [0.25, 0.3) is 5.91 Å². The number of methoxy groups -OCH3 is 1. The second-order valence-electron chi connectivity index (χ2n) is 6.58. The van der Waals surface area contributed by atoms with Crippen molar-refractivity contribution in [2.75, 3.05) is 13.7 Å². The fraction of sp³-hybridized carbons (Fsp3) is 0.261. The highest BCUT2D eigenvalue weighted by atomic mass is 16.5. The molecule has 150 valence electrons. The first-order valence-corrected chi connectivity index (χ1v) is 9.72. The van der Waals surface area contributed by atoms with E-state index in [0.29, 0.717) is 17.9 Å². The van der Waals surface area contributed by atoms with Crippen molar-refractivity contribution < 1.29 is 14.3 Å². The number of carbonyl (C=O) groups is 1. The lowest BCUT2D eigenvalue weighted by molar-refractivity contribution is 0.0953. The molecule has 0 spiro atoms. The quantitative estimate of drug-likeness (QED) is 0.527. The molecule has 3 aromatic rings. The largest absolute Gasteiger partial charge is 0.497 e. The van der Waals surface area contributed by atoms with Crippen LogP contribution in [0.1, 0.15) is 36.5 Å². The number of hydrogen-bond acceptors (Lipinski definition) is 5. The fourth-order valence-electron chi connectivity index (χ4n) is 2.79. The molecule has 0 fully saturated rings. The molecule has 1 heterocycles. The maximum absolute atomic E-state index is 12.3. The van der Waals surface area contributed by atoms with Crippen LogP contribution in [0.5, 0.6) is 17.5 Å². The van der Waals surface area contributed by atoms with Gasteiger partial charge in [-0.1, -0.05) is 31.9 Å². The van der Waals surface area contributed by atoms with Crippen molar-refractivity contribution in [1.82, 2.24) is 15.3 Å². The van der Waals surface area contributed by atoms with E-state index in [1.807, 2.05) is 30.3 Å².